The average molecular weight is 344 g/mol. The lowest BCUT2D eigenvalue weighted by Crippen LogP contribution is -2.44. The molecule has 2 aromatic heterocycles. The summed E-state index contributed by atoms with van der Waals surface area (Å²) in [6.45, 7) is 6.86. The topological polar surface area (TPSA) is 36.7 Å². The number of amides is 1. The first-order chi connectivity index (χ1) is 11.6. The van der Waals surface area contributed by atoms with Gasteiger partial charge in [-0.1, -0.05) is 0 Å². The van der Waals surface area contributed by atoms with Crippen LogP contribution >= 0.6 is 11.3 Å². The monoisotopic (exact) mass is 344 g/mol. The number of piperidine rings is 1. The smallest absolute Gasteiger partial charge is 0.254 e. The molecule has 1 amide bonds. The van der Waals surface area contributed by atoms with E-state index < -0.39 is 0 Å². The zero-order chi connectivity index (χ0) is 16.6. The number of carbonyl (C=O) groups excluding carboxylic acids is 1. The molecule has 1 atom stereocenters. The lowest BCUT2D eigenvalue weighted by molar-refractivity contribution is 0.0659. The van der Waals surface area contributed by atoms with Crippen LogP contribution in [0, 0.1) is 12.3 Å². The molecule has 0 aliphatic carbocycles. The van der Waals surface area contributed by atoms with Gasteiger partial charge in [-0.15, -0.1) is 0 Å². The highest BCUT2D eigenvalue weighted by Crippen LogP contribution is 2.40. The van der Waals surface area contributed by atoms with E-state index in [9.17, 15) is 4.79 Å². The first-order valence-corrected chi connectivity index (χ1v) is 9.67. The molecule has 0 N–H and O–H groups in total. The van der Waals surface area contributed by atoms with Gasteiger partial charge < -0.3 is 9.32 Å². The Kier molecular flexibility index (Phi) is 4.22. The van der Waals surface area contributed by atoms with Gasteiger partial charge in [0.2, 0.25) is 0 Å². The number of nitrogens with zero attached hydrogens (tertiary/aromatic N) is 2. The third-order valence-corrected chi connectivity index (χ3v) is 6.09. The molecule has 5 heteroatoms. The van der Waals surface area contributed by atoms with Crippen molar-refractivity contribution >= 4 is 17.2 Å². The molecule has 0 aromatic carbocycles. The molecule has 0 radical (unpaired) electrons. The lowest BCUT2D eigenvalue weighted by atomic mass is 9.79. The van der Waals surface area contributed by atoms with Crippen molar-refractivity contribution in [2.45, 2.75) is 32.7 Å². The molecule has 128 valence electrons. The Bertz CT molecular complexity index is 709. The summed E-state index contributed by atoms with van der Waals surface area (Å²) in [7, 11) is 0. The van der Waals surface area contributed by atoms with Crippen LogP contribution < -0.4 is 0 Å². The van der Waals surface area contributed by atoms with Crippen molar-refractivity contribution in [1.82, 2.24) is 9.80 Å². The predicted octanol–water partition coefficient (Wildman–Crippen LogP) is 3.78. The number of hydrogen-bond acceptors (Lipinski definition) is 4. The summed E-state index contributed by atoms with van der Waals surface area (Å²) in [5.41, 5.74) is 1.11. The fourth-order valence-electron chi connectivity index (χ4n) is 4.25. The second-order valence-electron chi connectivity index (χ2n) is 7.32. The Hall–Kier alpha value is -1.59. The Morgan fingerprint density at radius 2 is 2.17 bits per heavy atom. The molecule has 0 bridgehead atoms. The molecule has 2 saturated heterocycles. The second-order valence-corrected chi connectivity index (χ2v) is 8.10. The summed E-state index contributed by atoms with van der Waals surface area (Å²) in [6, 6.07) is 6.05. The minimum absolute atomic E-state index is 0.201. The summed E-state index contributed by atoms with van der Waals surface area (Å²) < 4.78 is 5.74. The fraction of sp³-hybridized carbons (Fsp3) is 0.526. The molecule has 4 nitrogen and oxygen atoms in total. The van der Waals surface area contributed by atoms with Crippen LogP contribution in [-0.4, -0.2) is 41.9 Å². The SMILES string of the molecule is Cc1ccc(CN2CCCC3(CCN(C(=O)c4ccsc4)C3)C2)o1. The molecule has 4 rings (SSSR count). The van der Waals surface area contributed by atoms with E-state index in [2.05, 4.69) is 15.9 Å². The van der Waals surface area contributed by atoms with Crippen molar-refractivity contribution in [2.75, 3.05) is 26.2 Å². The van der Waals surface area contributed by atoms with Gasteiger partial charge in [-0.3, -0.25) is 9.69 Å². The van der Waals surface area contributed by atoms with Gasteiger partial charge in [-0.25, -0.2) is 0 Å². The number of carbonyl (C=O) groups is 1. The van der Waals surface area contributed by atoms with E-state index in [-0.39, 0.29) is 11.3 Å². The number of likely N-dealkylation sites (tertiary alicyclic amines) is 2. The molecule has 2 aliphatic heterocycles. The molecule has 1 spiro atoms. The van der Waals surface area contributed by atoms with E-state index in [1.54, 1.807) is 11.3 Å². The van der Waals surface area contributed by atoms with Gasteiger partial charge in [0.25, 0.3) is 5.91 Å². The van der Waals surface area contributed by atoms with Gasteiger partial charge in [-0.2, -0.15) is 11.3 Å². The number of hydrogen-bond donors (Lipinski definition) is 0. The van der Waals surface area contributed by atoms with Gasteiger partial charge in [0.1, 0.15) is 11.5 Å². The highest BCUT2D eigenvalue weighted by molar-refractivity contribution is 7.08. The van der Waals surface area contributed by atoms with Crippen molar-refractivity contribution in [3.63, 3.8) is 0 Å². The molecule has 2 aromatic rings. The van der Waals surface area contributed by atoms with E-state index in [1.807, 2.05) is 29.8 Å². The van der Waals surface area contributed by atoms with Crippen molar-refractivity contribution in [1.29, 1.82) is 0 Å². The van der Waals surface area contributed by atoms with E-state index in [4.69, 9.17) is 4.42 Å². The normalized spacial score (nSPS) is 24.8. The molecule has 1 unspecified atom stereocenters. The van der Waals surface area contributed by atoms with Crippen LogP contribution in [0.2, 0.25) is 0 Å². The molecule has 2 fully saturated rings. The largest absolute Gasteiger partial charge is 0.465 e. The van der Waals surface area contributed by atoms with Crippen LogP contribution in [0.25, 0.3) is 0 Å². The van der Waals surface area contributed by atoms with Crippen molar-refractivity contribution in [3.8, 4) is 0 Å². The summed E-state index contributed by atoms with van der Waals surface area (Å²) in [4.78, 5) is 17.2. The summed E-state index contributed by atoms with van der Waals surface area (Å²) >= 11 is 1.59. The molecule has 24 heavy (non-hydrogen) atoms. The van der Waals surface area contributed by atoms with E-state index in [0.29, 0.717) is 0 Å². The Morgan fingerprint density at radius 1 is 1.25 bits per heavy atom. The third-order valence-electron chi connectivity index (χ3n) is 5.41. The maximum absolute atomic E-state index is 12.6. The summed E-state index contributed by atoms with van der Waals surface area (Å²) in [5, 5.41) is 3.94. The van der Waals surface area contributed by atoms with Crippen molar-refractivity contribution < 1.29 is 9.21 Å². The third kappa shape index (κ3) is 3.15. The zero-order valence-electron chi connectivity index (χ0n) is 14.2. The number of furan rings is 1. The van der Waals surface area contributed by atoms with Crippen LogP contribution in [0.3, 0.4) is 0 Å². The standard InChI is InChI=1S/C19H24N2O2S/c1-15-3-4-17(23-15)11-20-8-2-6-19(13-20)7-9-21(14-19)18(22)16-5-10-24-12-16/h3-5,10,12H,2,6-9,11,13-14H2,1H3. The highest BCUT2D eigenvalue weighted by Gasteiger charge is 2.42. The molecular weight excluding hydrogens is 320 g/mol. The van der Waals surface area contributed by atoms with Crippen LogP contribution in [0.5, 0.6) is 0 Å². The quantitative estimate of drug-likeness (QED) is 0.850. The molecule has 0 saturated carbocycles. The van der Waals surface area contributed by atoms with Gasteiger partial charge in [0.05, 0.1) is 12.1 Å². The summed E-state index contributed by atoms with van der Waals surface area (Å²) in [6.07, 6.45) is 3.56. The van der Waals surface area contributed by atoms with E-state index in [0.717, 1.165) is 56.2 Å². The second kappa shape index (κ2) is 6.37. The summed E-state index contributed by atoms with van der Waals surface area (Å²) in [5.74, 6) is 2.23. The van der Waals surface area contributed by atoms with Gasteiger partial charge >= 0.3 is 0 Å². The molecule has 2 aliphatic rings. The first kappa shape index (κ1) is 15.9. The van der Waals surface area contributed by atoms with Gasteiger partial charge in [-0.05, 0) is 56.3 Å². The maximum atomic E-state index is 12.6. The predicted molar refractivity (Wildman–Crippen MR) is 95.2 cm³/mol. The molecule has 4 heterocycles. The average Bonchev–Trinajstić information content (AvgIpc) is 3.29. The first-order valence-electron chi connectivity index (χ1n) is 8.73. The number of rotatable bonds is 3. The number of thiophene rings is 1. The Balaban J connectivity index is 1.41. The Labute approximate surface area is 147 Å². The minimum atomic E-state index is 0.201. The highest BCUT2D eigenvalue weighted by atomic mass is 32.1. The van der Waals surface area contributed by atoms with Gasteiger partial charge in [0.15, 0.2) is 0 Å². The van der Waals surface area contributed by atoms with Crippen LogP contribution in [0.15, 0.2) is 33.4 Å². The zero-order valence-corrected chi connectivity index (χ0v) is 15.0. The molecular formula is C19H24N2O2S. The Morgan fingerprint density at radius 3 is 2.92 bits per heavy atom. The van der Waals surface area contributed by atoms with Crippen LogP contribution in [0.4, 0.5) is 0 Å². The van der Waals surface area contributed by atoms with Gasteiger partial charge in [0, 0.05) is 30.4 Å². The van der Waals surface area contributed by atoms with Crippen LogP contribution in [0.1, 0.15) is 41.1 Å². The number of aryl methyl sites for hydroxylation is 1. The van der Waals surface area contributed by atoms with E-state index in [1.165, 1.54) is 12.8 Å². The van der Waals surface area contributed by atoms with Crippen molar-refractivity contribution in [3.05, 3.63) is 46.0 Å². The fourth-order valence-corrected chi connectivity index (χ4v) is 4.88. The lowest BCUT2D eigenvalue weighted by Gasteiger charge is -2.40. The van der Waals surface area contributed by atoms with E-state index >= 15 is 0 Å². The van der Waals surface area contributed by atoms with Crippen molar-refractivity contribution in [2.24, 2.45) is 5.41 Å². The van der Waals surface area contributed by atoms with Crippen LogP contribution in [-0.2, 0) is 6.54 Å². The minimum Gasteiger partial charge on any atom is -0.465 e. The maximum Gasteiger partial charge on any atom is 0.254 e.